The van der Waals surface area contributed by atoms with Crippen LogP contribution in [0, 0.1) is 5.82 Å². The Labute approximate surface area is 146 Å². The lowest BCUT2D eigenvalue weighted by atomic mass is 10.1. The first kappa shape index (κ1) is 18.4. The van der Waals surface area contributed by atoms with Crippen LogP contribution in [0.2, 0.25) is 0 Å². The first-order valence-corrected chi connectivity index (χ1v) is 8.08. The van der Waals surface area contributed by atoms with Crippen molar-refractivity contribution in [2.45, 2.75) is 19.4 Å². The van der Waals surface area contributed by atoms with E-state index in [1.165, 1.54) is 12.1 Å². The van der Waals surface area contributed by atoms with Gasteiger partial charge in [-0.3, -0.25) is 4.79 Å². The Kier molecular flexibility index (Phi) is 6.51. The molecule has 0 radical (unpaired) electrons. The Morgan fingerprint density at radius 1 is 1.08 bits per heavy atom. The van der Waals surface area contributed by atoms with Crippen molar-refractivity contribution < 1.29 is 14.0 Å². The molecule has 2 aromatic carbocycles. The molecule has 0 saturated heterocycles. The van der Waals surface area contributed by atoms with Gasteiger partial charge in [0.05, 0.1) is 6.04 Å². The predicted octanol–water partition coefficient (Wildman–Crippen LogP) is 3.56. The van der Waals surface area contributed by atoms with E-state index in [1.54, 1.807) is 36.2 Å². The first-order chi connectivity index (χ1) is 12.0. The Morgan fingerprint density at radius 3 is 2.36 bits per heavy atom. The number of amides is 3. The minimum absolute atomic E-state index is 0.100. The van der Waals surface area contributed by atoms with Crippen LogP contribution in [0.4, 0.5) is 14.9 Å². The lowest BCUT2D eigenvalue weighted by Crippen LogP contribution is -2.35. The van der Waals surface area contributed by atoms with Gasteiger partial charge in [-0.2, -0.15) is 0 Å². The fourth-order valence-corrected chi connectivity index (χ4v) is 2.34. The third kappa shape index (κ3) is 5.60. The molecular weight excluding hydrogens is 321 g/mol. The van der Waals surface area contributed by atoms with E-state index >= 15 is 0 Å². The molecule has 0 aliphatic rings. The van der Waals surface area contributed by atoms with Crippen LogP contribution in [0.25, 0.3) is 0 Å². The van der Waals surface area contributed by atoms with Gasteiger partial charge >= 0.3 is 6.03 Å². The van der Waals surface area contributed by atoms with E-state index < -0.39 is 0 Å². The Bertz CT molecular complexity index is 704. The third-order valence-electron chi connectivity index (χ3n) is 3.98. The molecule has 0 aromatic heterocycles. The standard InChI is InChI=1S/C19H22FN3O2/c1-14(15-8-10-16(20)11-9-15)23(2)18(24)12-13-21-19(25)22-17-6-4-3-5-7-17/h3-11,14H,12-13H2,1-2H3,(H2,21,22,25)/t14-/m0/s1. The molecule has 0 spiro atoms. The van der Waals surface area contributed by atoms with Gasteiger partial charge in [-0.25, -0.2) is 9.18 Å². The zero-order valence-electron chi connectivity index (χ0n) is 14.3. The van der Waals surface area contributed by atoms with Crippen LogP contribution in [0.5, 0.6) is 0 Å². The number of halogens is 1. The minimum atomic E-state index is -0.353. The lowest BCUT2D eigenvalue weighted by molar-refractivity contribution is -0.131. The average molecular weight is 343 g/mol. The normalized spacial score (nSPS) is 11.5. The van der Waals surface area contributed by atoms with Crippen molar-refractivity contribution in [3.8, 4) is 0 Å². The molecule has 0 fully saturated rings. The molecule has 0 heterocycles. The van der Waals surface area contributed by atoms with Crippen LogP contribution in [0.1, 0.15) is 24.9 Å². The SMILES string of the molecule is C[C@@H](c1ccc(F)cc1)N(C)C(=O)CCNC(=O)Nc1ccccc1. The van der Waals surface area contributed by atoms with Crippen molar-refractivity contribution in [2.75, 3.05) is 18.9 Å². The number of para-hydroxylation sites is 1. The van der Waals surface area contributed by atoms with Crippen molar-refractivity contribution in [1.29, 1.82) is 0 Å². The van der Waals surface area contributed by atoms with Crippen LogP contribution in [0.3, 0.4) is 0 Å². The molecule has 0 saturated carbocycles. The van der Waals surface area contributed by atoms with Gasteiger partial charge in [-0.1, -0.05) is 30.3 Å². The summed E-state index contributed by atoms with van der Waals surface area (Å²) in [6.07, 6.45) is 0.185. The van der Waals surface area contributed by atoms with E-state index in [9.17, 15) is 14.0 Å². The van der Waals surface area contributed by atoms with Crippen molar-refractivity contribution >= 4 is 17.6 Å². The molecule has 0 aliphatic heterocycles. The summed E-state index contributed by atoms with van der Waals surface area (Å²) in [5, 5.41) is 5.34. The van der Waals surface area contributed by atoms with E-state index in [-0.39, 0.29) is 36.8 Å². The number of carbonyl (C=O) groups is 2. The van der Waals surface area contributed by atoms with Crippen LogP contribution in [0.15, 0.2) is 54.6 Å². The highest BCUT2D eigenvalue weighted by Crippen LogP contribution is 2.19. The number of benzene rings is 2. The Balaban J connectivity index is 1.77. The van der Waals surface area contributed by atoms with Crippen molar-refractivity contribution in [3.63, 3.8) is 0 Å². The molecule has 3 amide bonds. The van der Waals surface area contributed by atoms with Crippen molar-refractivity contribution in [2.24, 2.45) is 0 Å². The number of hydrogen-bond donors (Lipinski definition) is 2. The summed E-state index contributed by atoms with van der Waals surface area (Å²) in [6.45, 7) is 2.11. The molecule has 2 rings (SSSR count). The number of carbonyl (C=O) groups excluding carboxylic acids is 2. The summed E-state index contributed by atoms with van der Waals surface area (Å²) in [6, 6.07) is 14.6. The summed E-state index contributed by atoms with van der Waals surface area (Å²) >= 11 is 0. The predicted molar refractivity (Wildman–Crippen MR) is 95.7 cm³/mol. The zero-order valence-corrected chi connectivity index (χ0v) is 14.3. The van der Waals surface area contributed by atoms with Crippen LogP contribution < -0.4 is 10.6 Å². The van der Waals surface area contributed by atoms with E-state index in [4.69, 9.17) is 0 Å². The van der Waals surface area contributed by atoms with E-state index in [1.807, 2.05) is 25.1 Å². The average Bonchev–Trinajstić information content (AvgIpc) is 2.62. The quantitative estimate of drug-likeness (QED) is 0.842. The van der Waals surface area contributed by atoms with Gasteiger partial charge in [-0.05, 0) is 36.8 Å². The molecule has 6 heteroatoms. The fourth-order valence-electron chi connectivity index (χ4n) is 2.34. The maximum Gasteiger partial charge on any atom is 0.319 e. The minimum Gasteiger partial charge on any atom is -0.339 e. The number of anilines is 1. The highest BCUT2D eigenvalue weighted by molar-refractivity contribution is 5.89. The van der Waals surface area contributed by atoms with Gasteiger partial charge < -0.3 is 15.5 Å². The smallest absolute Gasteiger partial charge is 0.319 e. The lowest BCUT2D eigenvalue weighted by Gasteiger charge is -2.25. The Hall–Kier alpha value is -2.89. The zero-order chi connectivity index (χ0) is 18.2. The van der Waals surface area contributed by atoms with Crippen LogP contribution in [-0.4, -0.2) is 30.4 Å². The number of urea groups is 1. The largest absolute Gasteiger partial charge is 0.339 e. The molecule has 2 N–H and O–H groups in total. The summed E-state index contributed by atoms with van der Waals surface area (Å²) in [5.74, 6) is -0.407. The van der Waals surface area contributed by atoms with Crippen LogP contribution in [-0.2, 0) is 4.79 Å². The second kappa shape index (κ2) is 8.82. The third-order valence-corrected chi connectivity index (χ3v) is 3.98. The summed E-state index contributed by atoms with van der Waals surface area (Å²) in [7, 11) is 1.69. The number of nitrogens with one attached hydrogen (secondary N) is 2. The van der Waals surface area contributed by atoms with Gasteiger partial charge in [-0.15, -0.1) is 0 Å². The molecule has 5 nitrogen and oxygen atoms in total. The molecule has 2 aromatic rings. The summed E-state index contributed by atoms with van der Waals surface area (Å²) < 4.78 is 13.0. The maximum atomic E-state index is 13.0. The topological polar surface area (TPSA) is 61.4 Å². The number of hydrogen-bond acceptors (Lipinski definition) is 2. The summed E-state index contributed by atoms with van der Waals surface area (Å²) in [5.41, 5.74) is 1.54. The van der Waals surface area contributed by atoms with Crippen LogP contribution >= 0.6 is 0 Å². The number of nitrogens with zero attached hydrogens (tertiary/aromatic N) is 1. The first-order valence-electron chi connectivity index (χ1n) is 8.08. The van der Waals surface area contributed by atoms with Crippen molar-refractivity contribution in [3.05, 3.63) is 66.0 Å². The van der Waals surface area contributed by atoms with E-state index in [2.05, 4.69) is 10.6 Å². The van der Waals surface area contributed by atoms with E-state index in [0.29, 0.717) is 5.69 Å². The second-order valence-corrected chi connectivity index (χ2v) is 5.73. The number of rotatable bonds is 6. The highest BCUT2D eigenvalue weighted by atomic mass is 19.1. The van der Waals surface area contributed by atoms with Gasteiger partial charge in [0.15, 0.2) is 0 Å². The van der Waals surface area contributed by atoms with Gasteiger partial charge in [0.1, 0.15) is 5.82 Å². The van der Waals surface area contributed by atoms with Gasteiger partial charge in [0.2, 0.25) is 5.91 Å². The maximum absolute atomic E-state index is 13.0. The molecule has 132 valence electrons. The molecule has 1 atom stereocenters. The van der Waals surface area contributed by atoms with E-state index in [0.717, 1.165) is 5.56 Å². The fraction of sp³-hybridized carbons (Fsp3) is 0.263. The molecule has 0 unspecified atom stereocenters. The summed E-state index contributed by atoms with van der Waals surface area (Å²) in [4.78, 5) is 25.6. The van der Waals surface area contributed by atoms with Gasteiger partial charge in [0, 0.05) is 25.7 Å². The molecule has 25 heavy (non-hydrogen) atoms. The monoisotopic (exact) mass is 343 g/mol. The Morgan fingerprint density at radius 2 is 1.72 bits per heavy atom. The molecular formula is C19H22FN3O2. The molecule has 0 bridgehead atoms. The molecule has 0 aliphatic carbocycles. The second-order valence-electron chi connectivity index (χ2n) is 5.73. The van der Waals surface area contributed by atoms with Gasteiger partial charge in [0.25, 0.3) is 0 Å². The highest BCUT2D eigenvalue weighted by Gasteiger charge is 2.17. The van der Waals surface area contributed by atoms with Crippen molar-refractivity contribution in [1.82, 2.24) is 10.2 Å².